The molecule has 56 heavy (non-hydrogen) atoms. The molecule has 2 aromatic rings. The number of nitrogens with zero attached hydrogens (tertiary/aromatic N) is 4. The molecule has 0 aliphatic carbocycles. The number of esters is 8. The summed E-state index contributed by atoms with van der Waals surface area (Å²) in [4.78, 5) is 90.4. The molecule has 0 saturated heterocycles. The summed E-state index contributed by atoms with van der Waals surface area (Å²) in [5.74, 6) is -6.43. The average molecular weight is 791 g/mol. The van der Waals surface area contributed by atoms with Crippen molar-refractivity contribution in [2.75, 3.05) is 54.9 Å². The van der Waals surface area contributed by atoms with Crippen LogP contribution in [0.3, 0.4) is 0 Å². The van der Waals surface area contributed by atoms with Crippen molar-refractivity contribution in [3.63, 3.8) is 0 Å². The van der Waals surface area contributed by atoms with E-state index in [-0.39, 0.29) is 39.8 Å². The van der Waals surface area contributed by atoms with Gasteiger partial charge in [-0.3, -0.25) is 9.36 Å². The minimum atomic E-state index is -0.747. The van der Waals surface area contributed by atoms with E-state index in [0.717, 1.165) is 48.6 Å². The highest BCUT2D eigenvalue weighted by molar-refractivity contribution is 5.93. The maximum atomic E-state index is 11.6. The smallest absolute Gasteiger partial charge is 0.331 e. The van der Waals surface area contributed by atoms with Crippen LogP contribution in [-0.2, 0) is 89.3 Å². The maximum absolute atomic E-state index is 11.6. The van der Waals surface area contributed by atoms with Crippen molar-refractivity contribution in [2.24, 2.45) is 11.8 Å². The molecule has 20 heteroatoms. The lowest BCUT2D eigenvalue weighted by atomic mass is 10.1. The van der Waals surface area contributed by atoms with Crippen LogP contribution in [0.4, 0.5) is 0 Å². The third-order valence-electron chi connectivity index (χ3n) is 6.40. The predicted octanol–water partition coefficient (Wildman–Crippen LogP) is 1.11. The Hall–Kier alpha value is -6.86. The number of ether oxygens (including phenoxy) is 8. The van der Waals surface area contributed by atoms with Crippen molar-refractivity contribution in [3.8, 4) is 0 Å². The quantitative estimate of drug-likeness (QED) is 0.0976. The highest BCUT2D eigenvalue weighted by Crippen LogP contribution is 2.09. The third kappa shape index (κ3) is 24.4. The van der Waals surface area contributed by atoms with Gasteiger partial charge in [0.2, 0.25) is 0 Å². The summed E-state index contributed by atoms with van der Waals surface area (Å²) >= 11 is 0. The first-order valence-electron chi connectivity index (χ1n) is 16.0. The van der Waals surface area contributed by atoms with E-state index in [9.17, 15) is 38.4 Å². The van der Waals surface area contributed by atoms with E-state index in [2.05, 4.69) is 29.1 Å². The van der Waals surface area contributed by atoms with Gasteiger partial charge in [-0.25, -0.2) is 38.4 Å². The van der Waals surface area contributed by atoms with Crippen LogP contribution in [0.25, 0.3) is 0 Å². The van der Waals surface area contributed by atoms with Crippen molar-refractivity contribution < 1.29 is 76.3 Å². The Morgan fingerprint density at radius 1 is 0.482 bits per heavy atom. The standard InChI is InChI=1S/C18H22N2O8.C17H20N2O8.CH4/c1-25-15(21)4-6-17(23)27-12-14(8-11-20-10-3-9-19-20)13-28-18(24)7-5-16(22)26-2;1-24-14(20)4-6-16(22)26-11-13(10-19-9-3-8-18-19)12-27-17(23)7-5-15(21)25-2;/h3-7,9-10,14H,8,11-13H2,1-2H3;3-9,13H,10-12H2,1-2H3;1H4/b2*6-4+,7-5+;. The fourth-order valence-corrected chi connectivity index (χ4v) is 3.60. The average Bonchev–Trinajstić information content (AvgIpc) is 3.93. The van der Waals surface area contributed by atoms with E-state index in [1.54, 1.807) is 46.3 Å². The zero-order valence-corrected chi connectivity index (χ0v) is 30.5. The zero-order valence-electron chi connectivity index (χ0n) is 30.5. The molecule has 0 amide bonds. The van der Waals surface area contributed by atoms with Crippen LogP contribution in [0.5, 0.6) is 0 Å². The lowest BCUT2D eigenvalue weighted by molar-refractivity contribution is -0.145. The van der Waals surface area contributed by atoms with Crippen LogP contribution < -0.4 is 0 Å². The van der Waals surface area contributed by atoms with Gasteiger partial charge in [-0.2, -0.15) is 10.2 Å². The van der Waals surface area contributed by atoms with Gasteiger partial charge in [-0.1, -0.05) is 7.43 Å². The minimum absolute atomic E-state index is 0. The second-order valence-corrected chi connectivity index (χ2v) is 10.5. The lowest BCUT2D eigenvalue weighted by Crippen LogP contribution is -2.24. The van der Waals surface area contributed by atoms with Crippen molar-refractivity contribution in [1.29, 1.82) is 0 Å². The van der Waals surface area contributed by atoms with Crippen molar-refractivity contribution in [1.82, 2.24) is 19.6 Å². The topological polar surface area (TPSA) is 246 Å². The molecule has 2 heterocycles. The largest absolute Gasteiger partial charge is 0.466 e. The molecule has 0 fully saturated rings. The van der Waals surface area contributed by atoms with E-state index in [1.165, 1.54) is 28.4 Å². The Kier molecular flexibility index (Phi) is 26.0. The van der Waals surface area contributed by atoms with Crippen LogP contribution in [0.1, 0.15) is 13.8 Å². The van der Waals surface area contributed by atoms with Gasteiger partial charge in [-0.05, 0) is 18.6 Å². The molecule has 0 atom stereocenters. The molecule has 0 unspecified atom stereocenters. The summed E-state index contributed by atoms with van der Waals surface area (Å²) in [5.41, 5.74) is 0. The van der Waals surface area contributed by atoms with E-state index in [4.69, 9.17) is 18.9 Å². The minimum Gasteiger partial charge on any atom is -0.466 e. The van der Waals surface area contributed by atoms with Gasteiger partial charge >= 0.3 is 47.8 Å². The SMILES string of the molecule is C.COC(=O)/C=C/C(=O)OCC(CCn1cccn1)COC(=O)/C=C/C(=O)OC.COC(=O)/C=C/C(=O)OCC(COC(=O)/C=C/C(=O)OC)Cn1cccn1. The Morgan fingerprint density at radius 3 is 1.09 bits per heavy atom. The van der Waals surface area contributed by atoms with Crippen molar-refractivity contribution >= 4 is 47.8 Å². The van der Waals surface area contributed by atoms with Gasteiger partial charge in [0, 0.05) is 91.8 Å². The lowest BCUT2D eigenvalue weighted by Gasteiger charge is -2.16. The van der Waals surface area contributed by atoms with E-state index >= 15 is 0 Å². The Morgan fingerprint density at radius 2 is 0.786 bits per heavy atom. The Balaban J connectivity index is 0.00000106. The molecule has 0 aromatic carbocycles. The molecule has 0 saturated carbocycles. The monoisotopic (exact) mass is 790 g/mol. The summed E-state index contributed by atoms with van der Waals surface area (Å²) in [6.07, 6.45) is 14.7. The van der Waals surface area contributed by atoms with Crippen molar-refractivity contribution in [3.05, 3.63) is 85.5 Å². The molecular formula is C36H46N4O16. The molecule has 20 nitrogen and oxygen atoms in total. The molecule has 0 spiro atoms. The maximum Gasteiger partial charge on any atom is 0.331 e. The number of hydrogen-bond donors (Lipinski definition) is 0. The number of carbonyl (C=O) groups is 8. The van der Waals surface area contributed by atoms with Crippen molar-refractivity contribution in [2.45, 2.75) is 26.9 Å². The molecule has 0 aliphatic rings. The molecule has 2 aromatic heterocycles. The summed E-state index contributed by atoms with van der Waals surface area (Å²) < 4.78 is 41.0. The molecule has 0 aliphatic heterocycles. The van der Waals surface area contributed by atoms with Gasteiger partial charge in [0.15, 0.2) is 0 Å². The van der Waals surface area contributed by atoms with Gasteiger partial charge in [0.25, 0.3) is 0 Å². The molecular weight excluding hydrogens is 744 g/mol. The first-order valence-corrected chi connectivity index (χ1v) is 16.0. The highest BCUT2D eigenvalue weighted by atomic mass is 16.6. The second-order valence-electron chi connectivity index (χ2n) is 10.5. The summed E-state index contributed by atoms with van der Waals surface area (Å²) in [7, 11) is 4.74. The van der Waals surface area contributed by atoms with Gasteiger partial charge in [0.1, 0.15) is 0 Å². The summed E-state index contributed by atoms with van der Waals surface area (Å²) in [6, 6.07) is 3.48. The number of methoxy groups -OCH3 is 4. The number of aromatic nitrogens is 4. The number of carbonyl (C=O) groups excluding carboxylic acids is 8. The summed E-state index contributed by atoms with van der Waals surface area (Å²) in [6.45, 7) is 0.577. The molecule has 0 radical (unpaired) electrons. The first-order chi connectivity index (χ1) is 26.4. The summed E-state index contributed by atoms with van der Waals surface area (Å²) in [5, 5.41) is 8.11. The van der Waals surface area contributed by atoms with Crippen LogP contribution in [-0.4, -0.2) is 122 Å². The van der Waals surface area contributed by atoms with Crippen LogP contribution in [0.15, 0.2) is 85.5 Å². The molecule has 0 N–H and O–H groups in total. The van der Waals surface area contributed by atoms with E-state index < -0.39 is 53.7 Å². The Bertz CT molecular complexity index is 1560. The van der Waals surface area contributed by atoms with Crippen LogP contribution >= 0.6 is 0 Å². The molecule has 306 valence electrons. The fourth-order valence-electron chi connectivity index (χ4n) is 3.60. The van der Waals surface area contributed by atoms with Crippen LogP contribution in [0.2, 0.25) is 0 Å². The normalized spacial score (nSPS) is 10.8. The van der Waals surface area contributed by atoms with Crippen LogP contribution in [0, 0.1) is 11.8 Å². The fraction of sp³-hybridized carbons (Fsp3) is 0.389. The Labute approximate surface area is 322 Å². The van der Waals surface area contributed by atoms with Gasteiger partial charge in [0.05, 0.1) is 61.4 Å². The third-order valence-corrected chi connectivity index (χ3v) is 6.40. The zero-order chi connectivity index (χ0) is 40.8. The highest BCUT2D eigenvalue weighted by Gasteiger charge is 2.16. The molecule has 0 bridgehead atoms. The predicted molar refractivity (Wildman–Crippen MR) is 191 cm³/mol. The second kappa shape index (κ2) is 29.6. The number of rotatable bonds is 21. The number of aryl methyl sites for hydroxylation is 1. The molecule has 2 rings (SSSR count). The van der Waals surface area contributed by atoms with E-state index in [1.807, 2.05) is 0 Å². The first kappa shape index (κ1) is 49.1. The number of hydrogen-bond acceptors (Lipinski definition) is 18. The van der Waals surface area contributed by atoms with Gasteiger partial charge in [-0.15, -0.1) is 0 Å². The van der Waals surface area contributed by atoms with E-state index in [0.29, 0.717) is 19.5 Å². The van der Waals surface area contributed by atoms with Gasteiger partial charge < -0.3 is 37.9 Å².